The summed E-state index contributed by atoms with van der Waals surface area (Å²) in [7, 11) is 0. The summed E-state index contributed by atoms with van der Waals surface area (Å²) in [6, 6.07) is 2.29. The van der Waals surface area contributed by atoms with E-state index < -0.39 is 12.0 Å². The maximum absolute atomic E-state index is 10.5. The van der Waals surface area contributed by atoms with Crippen LogP contribution in [0.2, 0.25) is 0 Å². The first-order valence-electron chi connectivity index (χ1n) is 4.68. The van der Waals surface area contributed by atoms with E-state index >= 15 is 0 Å². The molecule has 0 saturated carbocycles. The van der Waals surface area contributed by atoms with Crippen LogP contribution in [0.25, 0.3) is 0 Å². The van der Waals surface area contributed by atoms with Crippen LogP contribution < -0.4 is 15.2 Å². The fraction of sp³-hybridized carbons (Fsp3) is 0.300. The van der Waals surface area contributed by atoms with Crippen LogP contribution in [0.4, 0.5) is 0 Å². The van der Waals surface area contributed by atoms with Crippen LogP contribution in [0.15, 0.2) is 12.1 Å². The van der Waals surface area contributed by atoms with Gasteiger partial charge in [-0.1, -0.05) is 0 Å². The summed E-state index contributed by atoms with van der Waals surface area (Å²) in [6.07, 6.45) is -0.209. The number of carbonyl (C=O) groups is 1. The Kier molecular flexibility index (Phi) is 2.57. The minimum atomic E-state index is -0.996. The number of phenolic OH excluding ortho intramolecular Hbond substituents is 1. The number of rotatable bonds is 3. The minimum absolute atomic E-state index is 0.0422. The van der Waals surface area contributed by atoms with Gasteiger partial charge in [-0.05, 0) is 17.7 Å². The molecule has 6 heteroatoms. The van der Waals surface area contributed by atoms with Crippen molar-refractivity contribution in [3.63, 3.8) is 0 Å². The predicted molar refractivity (Wildman–Crippen MR) is 53.4 cm³/mol. The number of carboxylic acid groups (broad SMARTS) is 1. The van der Waals surface area contributed by atoms with Crippen LogP contribution in [0.5, 0.6) is 17.2 Å². The van der Waals surface area contributed by atoms with E-state index in [-0.39, 0.29) is 24.7 Å². The fourth-order valence-corrected chi connectivity index (χ4v) is 1.53. The zero-order valence-electron chi connectivity index (χ0n) is 8.34. The van der Waals surface area contributed by atoms with Gasteiger partial charge < -0.3 is 25.4 Å². The number of hydrogen-bond acceptors (Lipinski definition) is 5. The molecular formula is C10H11NO5. The summed E-state index contributed by atoms with van der Waals surface area (Å²) >= 11 is 0. The molecule has 0 saturated heterocycles. The summed E-state index contributed by atoms with van der Waals surface area (Å²) in [6.45, 7) is 0.0422. The van der Waals surface area contributed by atoms with Crippen LogP contribution in [0.1, 0.15) is 18.0 Å². The van der Waals surface area contributed by atoms with Crippen molar-refractivity contribution in [3.05, 3.63) is 17.7 Å². The number of fused-ring (bicyclic) bond motifs is 1. The Labute approximate surface area is 91.2 Å². The third-order valence-electron chi connectivity index (χ3n) is 2.30. The molecule has 6 nitrogen and oxygen atoms in total. The van der Waals surface area contributed by atoms with Gasteiger partial charge >= 0.3 is 5.97 Å². The van der Waals surface area contributed by atoms with E-state index in [0.717, 1.165) is 0 Å². The van der Waals surface area contributed by atoms with Crippen molar-refractivity contribution in [2.45, 2.75) is 12.5 Å². The van der Waals surface area contributed by atoms with Gasteiger partial charge in [-0.3, -0.25) is 4.79 Å². The molecule has 1 aromatic carbocycles. The second-order valence-electron chi connectivity index (χ2n) is 3.48. The smallest absolute Gasteiger partial charge is 0.305 e. The van der Waals surface area contributed by atoms with Gasteiger partial charge in [-0.2, -0.15) is 0 Å². The van der Waals surface area contributed by atoms with Crippen LogP contribution >= 0.6 is 0 Å². The zero-order valence-corrected chi connectivity index (χ0v) is 8.34. The van der Waals surface area contributed by atoms with Crippen molar-refractivity contribution in [2.75, 3.05) is 6.79 Å². The number of hydrogen-bond donors (Lipinski definition) is 3. The van der Waals surface area contributed by atoms with E-state index in [0.29, 0.717) is 11.3 Å². The van der Waals surface area contributed by atoms with Gasteiger partial charge in [0.2, 0.25) is 12.5 Å². The third kappa shape index (κ3) is 1.87. The molecule has 86 valence electrons. The van der Waals surface area contributed by atoms with E-state index in [4.69, 9.17) is 20.3 Å². The highest BCUT2D eigenvalue weighted by molar-refractivity contribution is 5.68. The third-order valence-corrected chi connectivity index (χ3v) is 2.30. The first-order chi connectivity index (χ1) is 7.58. The van der Waals surface area contributed by atoms with Crippen molar-refractivity contribution < 1.29 is 24.5 Å². The first-order valence-corrected chi connectivity index (χ1v) is 4.68. The number of aliphatic carboxylic acids is 1. The zero-order chi connectivity index (χ0) is 11.7. The molecule has 0 radical (unpaired) electrons. The average Bonchev–Trinajstić information content (AvgIpc) is 2.64. The monoisotopic (exact) mass is 225 g/mol. The molecule has 0 bridgehead atoms. The van der Waals surface area contributed by atoms with E-state index in [2.05, 4.69) is 0 Å². The van der Waals surface area contributed by atoms with Gasteiger partial charge in [0, 0.05) is 6.04 Å². The second-order valence-corrected chi connectivity index (χ2v) is 3.48. The lowest BCUT2D eigenvalue weighted by Crippen LogP contribution is -2.14. The quantitative estimate of drug-likeness (QED) is 0.696. The second kappa shape index (κ2) is 3.90. The largest absolute Gasteiger partial charge is 0.504 e. The predicted octanol–water partition coefficient (Wildman–Crippen LogP) is 0.595. The maximum Gasteiger partial charge on any atom is 0.305 e. The molecule has 0 spiro atoms. The number of nitrogens with two attached hydrogens (primary N) is 1. The normalized spacial score (nSPS) is 14.8. The van der Waals surface area contributed by atoms with Crippen molar-refractivity contribution in [1.29, 1.82) is 0 Å². The SMILES string of the molecule is NC(CC(=O)O)c1cc(O)c2c(c1)OCO2. The van der Waals surface area contributed by atoms with E-state index in [1.807, 2.05) is 0 Å². The molecule has 0 fully saturated rings. The van der Waals surface area contributed by atoms with Gasteiger partial charge in [0.25, 0.3) is 0 Å². The first kappa shape index (κ1) is 10.6. The molecule has 4 N–H and O–H groups in total. The van der Waals surface area contributed by atoms with Crippen LogP contribution in [-0.4, -0.2) is 23.0 Å². The maximum atomic E-state index is 10.5. The van der Waals surface area contributed by atoms with Crippen molar-refractivity contribution in [1.82, 2.24) is 0 Å². The summed E-state index contributed by atoms with van der Waals surface area (Å²) in [4.78, 5) is 10.5. The van der Waals surface area contributed by atoms with Gasteiger partial charge in [-0.15, -0.1) is 0 Å². The lowest BCUT2D eigenvalue weighted by atomic mass is 10.0. The highest BCUT2D eigenvalue weighted by Gasteiger charge is 2.21. The molecule has 1 aromatic rings. The number of benzene rings is 1. The molecule has 1 aliphatic rings. The highest BCUT2D eigenvalue weighted by atomic mass is 16.7. The topological polar surface area (TPSA) is 102 Å². The standard InChI is InChI=1S/C10H11NO5/c11-6(3-9(13)14)5-1-7(12)10-8(2-5)15-4-16-10/h1-2,6,12H,3-4,11H2,(H,13,14). The molecule has 1 heterocycles. The summed E-state index contributed by atoms with van der Waals surface area (Å²) < 4.78 is 10.1. The van der Waals surface area contributed by atoms with E-state index in [9.17, 15) is 9.90 Å². The Morgan fingerprint density at radius 1 is 1.50 bits per heavy atom. The fourth-order valence-electron chi connectivity index (χ4n) is 1.53. The van der Waals surface area contributed by atoms with Gasteiger partial charge in [0.1, 0.15) is 0 Å². The minimum Gasteiger partial charge on any atom is -0.504 e. The molecule has 0 aromatic heterocycles. The number of ether oxygens (including phenoxy) is 2. The van der Waals surface area contributed by atoms with Crippen LogP contribution in [-0.2, 0) is 4.79 Å². The van der Waals surface area contributed by atoms with E-state index in [1.54, 1.807) is 6.07 Å². The van der Waals surface area contributed by atoms with Crippen molar-refractivity contribution in [3.8, 4) is 17.2 Å². The average molecular weight is 225 g/mol. The number of aromatic hydroxyl groups is 1. The molecule has 1 unspecified atom stereocenters. The number of carboxylic acids is 1. The van der Waals surface area contributed by atoms with Gasteiger partial charge in [0.05, 0.1) is 6.42 Å². The lowest BCUT2D eigenvalue weighted by Gasteiger charge is -2.10. The Morgan fingerprint density at radius 3 is 2.94 bits per heavy atom. The Morgan fingerprint density at radius 2 is 2.25 bits per heavy atom. The molecule has 1 atom stereocenters. The van der Waals surface area contributed by atoms with Crippen molar-refractivity contribution in [2.24, 2.45) is 5.73 Å². The lowest BCUT2D eigenvalue weighted by molar-refractivity contribution is -0.137. The van der Waals surface area contributed by atoms with Crippen LogP contribution in [0.3, 0.4) is 0 Å². The van der Waals surface area contributed by atoms with E-state index in [1.165, 1.54) is 6.07 Å². The summed E-state index contributed by atoms with van der Waals surface area (Å²) in [5.41, 5.74) is 6.17. The Balaban J connectivity index is 2.29. The van der Waals surface area contributed by atoms with Gasteiger partial charge in [0.15, 0.2) is 11.5 Å². The molecule has 2 rings (SSSR count). The molecule has 0 amide bonds. The Bertz CT molecular complexity index is 431. The molecule has 0 aliphatic carbocycles. The molecule has 1 aliphatic heterocycles. The van der Waals surface area contributed by atoms with Crippen LogP contribution in [0, 0.1) is 0 Å². The summed E-state index contributed by atoms with van der Waals surface area (Å²) in [5.74, 6) is -0.433. The van der Waals surface area contributed by atoms with Gasteiger partial charge in [-0.25, -0.2) is 0 Å². The molecular weight excluding hydrogens is 214 g/mol. The molecule has 16 heavy (non-hydrogen) atoms. The Hall–Kier alpha value is -1.95. The summed E-state index contributed by atoms with van der Waals surface area (Å²) in [5, 5.41) is 18.2. The van der Waals surface area contributed by atoms with Crippen molar-refractivity contribution >= 4 is 5.97 Å². The highest BCUT2D eigenvalue weighted by Crippen LogP contribution is 2.42. The number of phenols is 1.